The van der Waals surface area contributed by atoms with Gasteiger partial charge in [0.25, 0.3) is 0 Å². The molecule has 0 spiro atoms. The van der Waals surface area contributed by atoms with Crippen LogP contribution in [-0.2, 0) is 19.1 Å². The lowest BCUT2D eigenvalue weighted by atomic mass is 10.1. The van der Waals surface area contributed by atoms with Crippen molar-refractivity contribution in [3.63, 3.8) is 0 Å². The summed E-state index contributed by atoms with van der Waals surface area (Å²) >= 11 is 0. The fraction of sp³-hybridized carbons (Fsp3) is 0.750. The van der Waals surface area contributed by atoms with Crippen LogP contribution in [0.1, 0.15) is 38.5 Å². The van der Waals surface area contributed by atoms with Crippen LogP contribution < -0.4 is 17.2 Å². The third-order valence-corrected chi connectivity index (χ3v) is 2.70. The van der Waals surface area contributed by atoms with Crippen LogP contribution >= 0.6 is 0 Å². The van der Waals surface area contributed by atoms with E-state index in [0.29, 0.717) is 19.4 Å². The molecule has 0 fully saturated rings. The molecule has 0 radical (unpaired) electrons. The van der Waals surface area contributed by atoms with E-state index >= 15 is 0 Å². The number of carbonyl (C=O) groups is 3. The van der Waals surface area contributed by atoms with Crippen molar-refractivity contribution in [1.29, 1.82) is 0 Å². The van der Waals surface area contributed by atoms with Crippen molar-refractivity contribution < 1.29 is 24.2 Å². The minimum absolute atomic E-state index is 0.0672. The Hall–Kier alpha value is -1.51. The van der Waals surface area contributed by atoms with Crippen LogP contribution in [0.25, 0.3) is 0 Å². The van der Waals surface area contributed by atoms with Gasteiger partial charge in [0.1, 0.15) is 12.1 Å². The van der Waals surface area contributed by atoms with E-state index in [9.17, 15) is 14.4 Å². The van der Waals surface area contributed by atoms with Crippen molar-refractivity contribution in [2.24, 2.45) is 17.2 Å². The van der Waals surface area contributed by atoms with Crippen LogP contribution in [0.4, 0.5) is 0 Å². The van der Waals surface area contributed by atoms with Gasteiger partial charge in [0, 0.05) is 6.42 Å². The Morgan fingerprint density at radius 2 is 1.60 bits per heavy atom. The molecule has 0 aromatic rings. The molecule has 0 aromatic carbocycles. The molecule has 8 nitrogen and oxygen atoms in total. The van der Waals surface area contributed by atoms with E-state index in [1.165, 1.54) is 0 Å². The first kappa shape index (κ1) is 18.5. The molecule has 2 atom stereocenters. The summed E-state index contributed by atoms with van der Waals surface area (Å²) < 4.78 is 4.56. The van der Waals surface area contributed by atoms with Crippen LogP contribution in [0.3, 0.4) is 0 Å². The van der Waals surface area contributed by atoms with Crippen molar-refractivity contribution in [3.05, 3.63) is 0 Å². The Morgan fingerprint density at radius 1 is 1.00 bits per heavy atom. The predicted molar refractivity (Wildman–Crippen MR) is 71.4 cm³/mol. The Morgan fingerprint density at radius 3 is 2.15 bits per heavy atom. The normalized spacial score (nSPS) is 13.6. The maximum Gasteiger partial charge on any atom is 0.330 e. The van der Waals surface area contributed by atoms with Gasteiger partial charge >= 0.3 is 17.9 Å². The SMILES string of the molecule is NCCCC[C@H](N)C(=O)OC(=O)CCCC(N)C(=O)O. The molecule has 20 heavy (non-hydrogen) atoms. The molecular formula is C12H23N3O5. The van der Waals surface area contributed by atoms with E-state index in [-0.39, 0.29) is 19.3 Å². The van der Waals surface area contributed by atoms with Gasteiger partial charge in [-0.2, -0.15) is 0 Å². The van der Waals surface area contributed by atoms with Crippen LogP contribution in [0.2, 0.25) is 0 Å². The number of nitrogens with two attached hydrogens (primary N) is 3. The zero-order valence-electron chi connectivity index (χ0n) is 11.4. The summed E-state index contributed by atoms with van der Waals surface area (Å²) in [7, 11) is 0. The molecule has 116 valence electrons. The minimum Gasteiger partial charge on any atom is -0.480 e. The van der Waals surface area contributed by atoms with Gasteiger partial charge < -0.3 is 27.0 Å². The van der Waals surface area contributed by atoms with E-state index in [1.807, 2.05) is 0 Å². The number of esters is 2. The van der Waals surface area contributed by atoms with Crippen molar-refractivity contribution in [2.75, 3.05) is 6.54 Å². The maximum atomic E-state index is 11.4. The first-order chi connectivity index (χ1) is 9.38. The number of carboxylic acid groups (broad SMARTS) is 1. The van der Waals surface area contributed by atoms with Crippen molar-refractivity contribution >= 4 is 17.9 Å². The monoisotopic (exact) mass is 289 g/mol. The van der Waals surface area contributed by atoms with E-state index in [2.05, 4.69) is 4.74 Å². The largest absolute Gasteiger partial charge is 0.480 e. The zero-order valence-corrected chi connectivity index (χ0v) is 11.4. The van der Waals surface area contributed by atoms with Gasteiger partial charge in [-0.05, 0) is 32.2 Å². The number of ether oxygens (including phenoxy) is 1. The minimum atomic E-state index is -1.13. The summed E-state index contributed by atoms with van der Waals surface area (Å²) in [6, 6.07) is -1.86. The lowest BCUT2D eigenvalue weighted by molar-refractivity contribution is -0.161. The van der Waals surface area contributed by atoms with E-state index < -0.39 is 30.0 Å². The molecule has 1 unspecified atom stereocenters. The standard InChI is InChI=1S/C12H23N3O5/c13-7-2-1-4-9(15)12(19)20-10(16)6-3-5-8(14)11(17)18/h8-9H,1-7,13-15H2,(H,17,18)/t8?,9-/m0/s1. The highest BCUT2D eigenvalue weighted by Crippen LogP contribution is 2.04. The number of aliphatic carboxylic acids is 1. The summed E-state index contributed by atoms with van der Waals surface area (Å²) in [6.45, 7) is 0.518. The number of carboxylic acids is 1. The second-order valence-corrected chi connectivity index (χ2v) is 4.52. The average molecular weight is 289 g/mol. The molecule has 0 aliphatic heterocycles. The fourth-order valence-corrected chi connectivity index (χ4v) is 1.46. The Labute approximate surface area is 117 Å². The van der Waals surface area contributed by atoms with Gasteiger partial charge in [0.05, 0.1) is 0 Å². The Balaban J connectivity index is 3.84. The van der Waals surface area contributed by atoms with Crippen molar-refractivity contribution in [3.8, 4) is 0 Å². The van der Waals surface area contributed by atoms with Crippen LogP contribution in [0, 0.1) is 0 Å². The molecule has 7 N–H and O–H groups in total. The van der Waals surface area contributed by atoms with E-state index in [4.69, 9.17) is 22.3 Å². The molecule has 0 rings (SSSR count). The molecule has 0 aliphatic carbocycles. The van der Waals surface area contributed by atoms with Crippen LogP contribution in [0.15, 0.2) is 0 Å². The molecule has 0 saturated carbocycles. The zero-order chi connectivity index (χ0) is 15.5. The van der Waals surface area contributed by atoms with Crippen LogP contribution in [-0.4, -0.2) is 41.6 Å². The number of rotatable bonds is 10. The maximum absolute atomic E-state index is 11.4. The molecule has 0 bridgehead atoms. The lowest BCUT2D eigenvalue weighted by Crippen LogP contribution is -2.34. The van der Waals surface area contributed by atoms with Crippen molar-refractivity contribution in [1.82, 2.24) is 0 Å². The summed E-state index contributed by atoms with van der Waals surface area (Å²) in [5.41, 5.74) is 16.1. The second-order valence-electron chi connectivity index (χ2n) is 4.52. The van der Waals surface area contributed by atoms with Gasteiger partial charge in [0.15, 0.2) is 0 Å². The molecule has 0 aromatic heterocycles. The first-order valence-electron chi connectivity index (χ1n) is 6.57. The van der Waals surface area contributed by atoms with Crippen LogP contribution in [0.5, 0.6) is 0 Å². The van der Waals surface area contributed by atoms with Gasteiger partial charge in [-0.15, -0.1) is 0 Å². The molecule has 0 saturated heterocycles. The van der Waals surface area contributed by atoms with Gasteiger partial charge in [-0.1, -0.05) is 6.42 Å². The number of carbonyl (C=O) groups excluding carboxylic acids is 2. The fourth-order valence-electron chi connectivity index (χ4n) is 1.46. The molecule has 0 aliphatic rings. The number of unbranched alkanes of at least 4 members (excludes halogenated alkanes) is 1. The third-order valence-electron chi connectivity index (χ3n) is 2.70. The lowest BCUT2D eigenvalue weighted by Gasteiger charge is -2.10. The quantitative estimate of drug-likeness (QED) is 0.228. The highest BCUT2D eigenvalue weighted by atomic mass is 16.6. The second kappa shape index (κ2) is 10.3. The van der Waals surface area contributed by atoms with Gasteiger partial charge in [-0.25, -0.2) is 4.79 Å². The summed E-state index contributed by atoms with van der Waals surface area (Å²) in [5, 5.41) is 8.55. The summed E-state index contributed by atoms with van der Waals surface area (Å²) in [5.74, 6) is -2.62. The average Bonchev–Trinajstić information content (AvgIpc) is 2.38. The van der Waals surface area contributed by atoms with Crippen molar-refractivity contribution in [2.45, 2.75) is 50.6 Å². The summed E-state index contributed by atoms with van der Waals surface area (Å²) in [6.07, 6.45) is 2.16. The van der Waals surface area contributed by atoms with Gasteiger partial charge in [-0.3, -0.25) is 9.59 Å². The summed E-state index contributed by atoms with van der Waals surface area (Å²) in [4.78, 5) is 33.2. The number of hydrogen-bond acceptors (Lipinski definition) is 7. The highest BCUT2D eigenvalue weighted by molar-refractivity contribution is 5.88. The Bertz CT molecular complexity index is 335. The molecule has 8 heteroatoms. The van der Waals surface area contributed by atoms with E-state index in [1.54, 1.807) is 0 Å². The van der Waals surface area contributed by atoms with Gasteiger partial charge in [0.2, 0.25) is 0 Å². The third kappa shape index (κ3) is 8.57. The molecular weight excluding hydrogens is 266 g/mol. The molecule has 0 heterocycles. The number of hydrogen-bond donors (Lipinski definition) is 4. The van der Waals surface area contributed by atoms with E-state index in [0.717, 1.165) is 6.42 Å². The smallest absolute Gasteiger partial charge is 0.330 e. The topological polar surface area (TPSA) is 159 Å². The highest BCUT2D eigenvalue weighted by Gasteiger charge is 2.19. The first-order valence-corrected chi connectivity index (χ1v) is 6.57. The molecule has 0 amide bonds. The predicted octanol–water partition coefficient (Wildman–Crippen LogP) is -0.905. The Kier molecular flexibility index (Phi) is 9.52.